The largest absolute Gasteiger partial charge is 0.481 e. The Hall–Kier alpha value is -1.57. The molecule has 1 aromatic rings. The Labute approximate surface area is 82.9 Å². The van der Waals surface area contributed by atoms with Gasteiger partial charge in [-0.25, -0.2) is 0 Å². The first-order valence-corrected chi connectivity index (χ1v) is 4.76. The van der Waals surface area contributed by atoms with Crippen molar-refractivity contribution in [3.05, 3.63) is 41.0 Å². The predicted molar refractivity (Wildman–Crippen MR) is 55.1 cm³/mol. The third-order valence-corrected chi connectivity index (χ3v) is 2.44. The molecule has 1 N–H and O–H groups in total. The summed E-state index contributed by atoms with van der Waals surface area (Å²) in [5.74, 6) is -0.767. The Morgan fingerprint density at radius 1 is 1.43 bits per heavy atom. The highest BCUT2D eigenvalue weighted by Gasteiger charge is 2.06. The van der Waals surface area contributed by atoms with Gasteiger partial charge in [0, 0.05) is 0 Å². The molecule has 0 amide bonds. The zero-order chi connectivity index (χ0) is 9.97. The van der Waals surface area contributed by atoms with E-state index in [2.05, 4.69) is 12.2 Å². The SMILES string of the molecule is O=C(O)Cc1ccc2c(c1)CCC=C2. The van der Waals surface area contributed by atoms with Crippen molar-refractivity contribution in [2.24, 2.45) is 0 Å². The minimum Gasteiger partial charge on any atom is -0.481 e. The number of rotatable bonds is 2. The third-order valence-electron chi connectivity index (χ3n) is 2.44. The molecule has 0 aliphatic heterocycles. The molecule has 0 fully saturated rings. The van der Waals surface area contributed by atoms with Crippen molar-refractivity contribution in [3.63, 3.8) is 0 Å². The summed E-state index contributed by atoms with van der Waals surface area (Å²) in [6.07, 6.45) is 6.46. The van der Waals surface area contributed by atoms with Gasteiger partial charge in [-0.05, 0) is 29.5 Å². The van der Waals surface area contributed by atoms with E-state index in [1.807, 2.05) is 18.2 Å². The summed E-state index contributed by atoms with van der Waals surface area (Å²) in [4.78, 5) is 10.5. The molecule has 1 aliphatic carbocycles. The first-order chi connectivity index (χ1) is 6.75. The maximum Gasteiger partial charge on any atom is 0.307 e. The van der Waals surface area contributed by atoms with Crippen LogP contribution in [-0.4, -0.2) is 11.1 Å². The van der Waals surface area contributed by atoms with Gasteiger partial charge in [0.15, 0.2) is 0 Å². The number of allylic oxidation sites excluding steroid dienone is 1. The molecule has 0 heterocycles. The lowest BCUT2D eigenvalue weighted by Gasteiger charge is -2.11. The van der Waals surface area contributed by atoms with Gasteiger partial charge in [0.1, 0.15) is 0 Å². The minimum absolute atomic E-state index is 0.122. The van der Waals surface area contributed by atoms with E-state index in [0.29, 0.717) is 0 Å². The molecule has 1 aliphatic rings. The van der Waals surface area contributed by atoms with Gasteiger partial charge in [0.25, 0.3) is 0 Å². The monoisotopic (exact) mass is 188 g/mol. The molecular formula is C12H12O2. The molecule has 2 heteroatoms. The number of fused-ring (bicyclic) bond motifs is 1. The molecule has 0 unspecified atom stereocenters. The highest BCUT2D eigenvalue weighted by molar-refractivity contribution is 5.70. The fraction of sp³-hybridized carbons (Fsp3) is 0.250. The molecule has 1 aromatic carbocycles. The lowest BCUT2D eigenvalue weighted by atomic mass is 9.95. The standard InChI is InChI=1S/C12H12O2/c13-12(14)8-9-5-6-10-3-1-2-4-11(10)7-9/h1,3,5-7H,2,4,8H2,(H,13,14). The number of carboxylic acids is 1. The van der Waals surface area contributed by atoms with Crippen LogP contribution < -0.4 is 0 Å². The van der Waals surface area contributed by atoms with Crippen LogP contribution >= 0.6 is 0 Å². The summed E-state index contributed by atoms with van der Waals surface area (Å²) < 4.78 is 0. The highest BCUT2D eigenvalue weighted by Crippen LogP contribution is 2.20. The zero-order valence-electron chi connectivity index (χ0n) is 7.86. The van der Waals surface area contributed by atoms with Crippen molar-refractivity contribution in [1.29, 1.82) is 0 Å². The number of aliphatic carboxylic acids is 1. The quantitative estimate of drug-likeness (QED) is 0.773. The molecule has 2 nitrogen and oxygen atoms in total. The first kappa shape index (κ1) is 9.00. The van der Waals surface area contributed by atoms with Crippen molar-refractivity contribution in [3.8, 4) is 0 Å². The lowest BCUT2D eigenvalue weighted by Crippen LogP contribution is -2.02. The van der Waals surface area contributed by atoms with Crippen LogP contribution in [0, 0.1) is 0 Å². The van der Waals surface area contributed by atoms with E-state index in [9.17, 15) is 4.79 Å². The van der Waals surface area contributed by atoms with E-state index in [1.54, 1.807) is 0 Å². The van der Waals surface area contributed by atoms with Gasteiger partial charge >= 0.3 is 5.97 Å². The topological polar surface area (TPSA) is 37.3 Å². The highest BCUT2D eigenvalue weighted by atomic mass is 16.4. The summed E-state index contributed by atoms with van der Waals surface area (Å²) in [7, 11) is 0. The Morgan fingerprint density at radius 3 is 3.07 bits per heavy atom. The van der Waals surface area contributed by atoms with Crippen molar-refractivity contribution in [2.45, 2.75) is 19.3 Å². The Bertz CT molecular complexity index is 391. The van der Waals surface area contributed by atoms with Crippen molar-refractivity contribution >= 4 is 12.0 Å². The second kappa shape index (κ2) is 3.66. The smallest absolute Gasteiger partial charge is 0.307 e. The van der Waals surface area contributed by atoms with Crippen LogP contribution in [0.15, 0.2) is 24.3 Å². The second-order valence-electron chi connectivity index (χ2n) is 3.54. The Balaban J connectivity index is 2.30. The summed E-state index contributed by atoms with van der Waals surface area (Å²) in [6, 6.07) is 5.90. The molecular weight excluding hydrogens is 176 g/mol. The van der Waals surface area contributed by atoms with Crippen molar-refractivity contribution < 1.29 is 9.90 Å². The molecule has 0 bridgehead atoms. The molecule has 0 radical (unpaired) electrons. The Morgan fingerprint density at radius 2 is 2.29 bits per heavy atom. The van der Waals surface area contributed by atoms with Crippen LogP contribution in [0.5, 0.6) is 0 Å². The molecule has 2 rings (SSSR count). The van der Waals surface area contributed by atoms with Gasteiger partial charge in [0.2, 0.25) is 0 Å². The van der Waals surface area contributed by atoms with E-state index < -0.39 is 5.97 Å². The average Bonchev–Trinajstić information content (AvgIpc) is 2.17. The molecule has 0 saturated heterocycles. The molecule has 0 aromatic heterocycles. The van der Waals surface area contributed by atoms with Crippen LogP contribution in [-0.2, 0) is 17.6 Å². The van der Waals surface area contributed by atoms with E-state index in [-0.39, 0.29) is 6.42 Å². The van der Waals surface area contributed by atoms with Crippen molar-refractivity contribution in [2.75, 3.05) is 0 Å². The fourth-order valence-corrected chi connectivity index (χ4v) is 1.77. The van der Waals surface area contributed by atoms with E-state index >= 15 is 0 Å². The maximum absolute atomic E-state index is 10.5. The number of carboxylic acid groups (broad SMARTS) is 1. The molecule has 14 heavy (non-hydrogen) atoms. The van der Waals surface area contributed by atoms with Crippen molar-refractivity contribution in [1.82, 2.24) is 0 Å². The van der Waals surface area contributed by atoms with Gasteiger partial charge in [-0.15, -0.1) is 0 Å². The summed E-state index contributed by atoms with van der Waals surface area (Å²) in [6.45, 7) is 0. The van der Waals surface area contributed by atoms with Crippen LogP contribution in [0.4, 0.5) is 0 Å². The Kier molecular flexibility index (Phi) is 2.35. The number of hydrogen-bond donors (Lipinski definition) is 1. The number of benzene rings is 1. The average molecular weight is 188 g/mol. The zero-order valence-corrected chi connectivity index (χ0v) is 7.86. The van der Waals surface area contributed by atoms with Gasteiger partial charge in [-0.1, -0.05) is 30.4 Å². The van der Waals surface area contributed by atoms with Crippen LogP contribution in [0.3, 0.4) is 0 Å². The summed E-state index contributed by atoms with van der Waals surface area (Å²) in [5.41, 5.74) is 3.39. The van der Waals surface area contributed by atoms with E-state index in [0.717, 1.165) is 18.4 Å². The van der Waals surface area contributed by atoms with E-state index in [1.165, 1.54) is 11.1 Å². The minimum atomic E-state index is -0.767. The molecule has 0 spiro atoms. The van der Waals surface area contributed by atoms with Gasteiger partial charge in [-0.2, -0.15) is 0 Å². The van der Waals surface area contributed by atoms with E-state index in [4.69, 9.17) is 5.11 Å². The second-order valence-corrected chi connectivity index (χ2v) is 3.54. The molecule has 0 atom stereocenters. The maximum atomic E-state index is 10.5. The first-order valence-electron chi connectivity index (χ1n) is 4.76. The van der Waals surface area contributed by atoms with Crippen LogP contribution in [0.1, 0.15) is 23.1 Å². The number of aryl methyl sites for hydroxylation is 1. The van der Waals surface area contributed by atoms with Crippen LogP contribution in [0.25, 0.3) is 6.08 Å². The molecule has 72 valence electrons. The fourth-order valence-electron chi connectivity index (χ4n) is 1.77. The number of carbonyl (C=O) groups is 1. The summed E-state index contributed by atoms with van der Waals surface area (Å²) >= 11 is 0. The molecule has 0 saturated carbocycles. The number of hydrogen-bond acceptors (Lipinski definition) is 1. The van der Waals surface area contributed by atoms with Gasteiger partial charge in [0.05, 0.1) is 6.42 Å². The van der Waals surface area contributed by atoms with Gasteiger partial charge in [-0.3, -0.25) is 4.79 Å². The predicted octanol–water partition coefficient (Wildman–Crippen LogP) is 2.27. The normalized spacial score (nSPS) is 13.7. The van der Waals surface area contributed by atoms with Crippen LogP contribution in [0.2, 0.25) is 0 Å². The third kappa shape index (κ3) is 1.84. The van der Waals surface area contributed by atoms with Gasteiger partial charge < -0.3 is 5.11 Å². The summed E-state index contributed by atoms with van der Waals surface area (Å²) in [5, 5.41) is 8.66. The lowest BCUT2D eigenvalue weighted by molar-refractivity contribution is -0.136.